The number of aliphatic carboxylic acids is 1. The molecule has 7 nitrogen and oxygen atoms in total. The Balaban J connectivity index is 1.20. The molecule has 0 aliphatic carbocycles. The molecule has 0 bridgehead atoms. The third-order valence-corrected chi connectivity index (χ3v) is 8.08. The van der Waals surface area contributed by atoms with E-state index in [2.05, 4.69) is 5.16 Å². The number of rotatable bonds is 13. The standard InChI is InChI=1S/C34H32N2O5S/c1-40-35-32(26-10-6-3-7-11-26)27-16-19-30-31(23-27)42-34(39)36(30)20-21-41-29-17-13-25(14-18-29)22-28(33(37)38)15-12-24-8-4-2-5-9-24/h2-11,13-14,16-19,23,28H,12,15,20-22H2,1H3,(H,37,38)/b35-32+. The number of oxime groups is 1. The van der Waals surface area contributed by atoms with Gasteiger partial charge in [-0.25, -0.2) is 0 Å². The summed E-state index contributed by atoms with van der Waals surface area (Å²) in [5, 5.41) is 14.0. The maximum atomic E-state index is 12.8. The first-order chi connectivity index (χ1) is 20.5. The van der Waals surface area contributed by atoms with Gasteiger partial charge in [0.25, 0.3) is 0 Å². The molecule has 0 aliphatic heterocycles. The number of hydrogen-bond acceptors (Lipinski definition) is 6. The number of carboxylic acids is 1. The van der Waals surface area contributed by atoms with E-state index in [-0.39, 0.29) is 4.87 Å². The SMILES string of the molecule is CO/N=C(\c1ccccc1)c1ccc2c(c1)sc(=O)n2CCOc1ccc(CC(CCc2ccccc2)C(=O)O)cc1. The molecule has 0 fully saturated rings. The van der Waals surface area contributed by atoms with E-state index in [1.165, 1.54) is 18.4 Å². The van der Waals surface area contributed by atoms with Crippen molar-refractivity contribution in [3.05, 3.63) is 135 Å². The molecule has 0 spiro atoms. The van der Waals surface area contributed by atoms with Gasteiger partial charge in [-0.15, -0.1) is 0 Å². The van der Waals surface area contributed by atoms with Gasteiger partial charge in [0.2, 0.25) is 0 Å². The zero-order valence-corrected chi connectivity index (χ0v) is 24.1. The molecule has 0 amide bonds. The molecule has 0 aliphatic rings. The number of thiazole rings is 1. The van der Waals surface area contributed by atoms with Crippen LogP contribution < -0.4 is 9.61 Å². The Labute approximate surface area is 248 Å². The largest absolute Gasteiger partial charge is 0.492 e. The number of hydrogen-bond donors (Lipinski definition) is 1. The lowest BCUT2D eigenvalue weighted by Crippen LogP contribution is -2.18. The second kappa shape index (κ2) is 13.8. The summed E-state index contributed by atoms with van der Waals surface area (Å²) in [7, 11) is 1.52. The molecule has 1 N–H and O–H groups in total. The molecule has 8 heteroatoms. The van der Waals surface area contributed by atoms with E-state index in [9.17, 15) is 14.7 Å². The summed E-state index contributed by atoms with van der Waals surface area (Å²) in [6, 6.07) is 33.1. The predicted molar refractivity (Wildman–Crippen MR) is 167 cm³/mol. The van der Waals surface area contributed by atoms with Crippen LogP contribution in [0.1, 0.15) is 28.7 Å². The molecule has 5 aromatic rings. The van der Waals surface area contributed by atoms with Crippen molar-refractivity contribution in [3.63, 3.8) is 0 Å². The first-order valence-corrected chi connectivity index (χ1v) is 14.6. The first-order valence-electron chi connectivity index (χ1n) is 13.8. The molecular weight excluding hydrogens is 548 g/mol. The number of ether oxygens (including phenoxy) is 1. The summed E-state index contributed by atoms with van der Waals surface area (Å²) < 4.78 is 8.52. The van der Waals surface area contributed by atoms with Crippen molar-refractivity contribution in [2.45, 2.75) is 25.8 Å². The number of carbonyl (C=O) groups is 1. The van der Waals surface area contributed by atoms with Crippen LogP contribution in [0.5, 0.6) is 5.75 Å². The van der Waals surface area contributed by atoms with Crippen LogP contribution in [0.4, 0.5) is 0 Å². The lowest BCUT2D eigenvalue weighted by molar-refractivity contribution is -0.141. The van der Waals surface area contributed by atoms with Crippen LogP contribution in [0.3, 0.4) is 0 Å². The minimum absolute atomic E-state index is 0.0544. The second-order valence-corrected chi connectivity index (χ2v) is 10.9. The molecule has 0 saturated carbocycles. The van der Waals surface area contributed by atoms with Gasteiger partial charge in [0.1, 0.15) is 25.2 Å². The Morgan fingerprint density at radius 1 is 0.905 bits per heavy atom. The number of carboxylic acid groups (broad SMARTS) is 1. The van der Waals surface area contributed by atoms with Gasteiger partial charge >= 0.3 is 10.8 Å². The van der Waals surface area contributed by atoms with Crippen molar-refractivity contribution in [3.8, 4) is 5.75 Å². The Bertz CT molecular complexity index is 1710. The number of aryl methyl sites for hydroxylation is 1. The van der Waals surface area contributed by atoms with E-state index < -0.39 is 11.9 Å². The lowest BCUT2D eigenvalue weighted by Gasteiger charge is -2.13. The number of nitrogens with zero attached hydrogens (tertiary/aromatic N) is 2. The topological polar surface area (TPSA) is 90.1 Å². The molecule has 0 radical (unpaired) electrons. The molecule has 1 unspecified atom stereocenters. The molecule has 1 heterocycles. The van der Waals surface area contributed by atoms with E-state index in [1.807, 2.05) is 103 Å². The van der Waals surface area contributed by atoms with Crippen LogP contribution in [0.2, 0.25) is 0 Å². The van der Waals surface area contributed by atoms with Crippen LogP contribution >= 0.6 is 11.3 Å². The first kappa shape index (κ1) is 28.8. The number of benzene rings is 4. The van der Waals surface area contributed by atoms with Gasteiger partial charge in [0.15, 0.2) is 0 Å². The van der Waals surface area contributed by atoms with Crippen LogP contribution in [0.15, 0.2) is 113 Å². The van der Waals surface area contributed by atoms with Crippen LogP contribution in [0, 0.1) is 5.92 Å². The summed E-state index contributed by atoms with van der Waals surface area (Å²) >= 11 is 1.19. The zero-order valence-electron chi connectivity index (χ0n) is 23.3. The van der Waals surface area contributed by atoms with E-state index in [1.54, 1.807) is 4.57 Å². The fraction of sp³-hybridized carbons (Fsp3) is 0.206. The van der Waals surface area contributed by atoms with Crippen molar-refractivity contribution in [2.75, 3.05) is 13.7 Å². The van der Waals surface area contributed by atoms with Gasteiger partial charge in [-0.2, -0.15) is 0 Å². The minimum Gasteiger partial charge on any atom is -0.492 e. The summed E-state index contributed by atoms with van der Waals surface area (Å²) in [6.07, 6.45) is 1.77. The Kier molecular flexibility index (Phi) is 9.46. The zero-order chi connectivity index (χ0) is 29.3. The van der Waals surface area contributed by atoms with Crippen molar-refractivity contribution in [1.82, 2.24) is 4.57 Å². The monoisotopic (exact) mass is 580 g/mol. The smallest absolute Gasteiger partial charge is 0.308 e. The van der Waals surface area contributed by atoms with E-state index >= 15 is 0 Å². The van der Waals surface area contributed by atoms with Gasteiger partial charge in [0, 0.05) is 11.1 Å². The third-order valence-electron chi connectivity index (χ3n) is 7.13. The summed E-state index contributed by atoms with van der Waals surface area (Å²) in [5.41, 5.74) is 5.42. The maximum Gasteiger partial charge on any atom is 0.308 e. The molecule has 5 rings (SSSR count). The highest BCUT2D eigenvalue weighted by molar-refractivity contribution is 7.16. The summed E-state index contributed by atoms with van der Waals surface area (Å²) in [6.45, 7) is 0.722. The van der Waals surface area contributed by atoms with Crippen molar-refractivity contribution in [2.24, 2.45) is 11.1 Å². The van der Waals surface area contributed by atoms with E-state index in [4.69, 9.17) is 9.57 Å². The minimum atomic E-state index is -0.783. The highest BCUT2D eigenvalue weighted by Crippen LogP contribution is 2.23. The maximum absolute atomic E-state index is 12.8. The average Bonchev–Trinajstić information content (AvgIpc) is 3.33. The Morgan fingerprint density at radius 3 is 2.31 bits per heavy atom. The van der Waals surface area contributed by atoms with Gasteiger partial charge < -0.3 is 14.7 Å². The molecule has 0 saturated heterocycles. The highest BCUT2D eigenvalue weighted by atomic mass is 32.1. The molecule has 1 aromatic heterocycles. The van der Waals surface area contributed by atoms with E-state index in [0.29, 0.717) is 37.5 Å². The second-order valence-electron chi connectivity index (χ2n) is 9.95. The summed E-state index contributed by atoms with van der Waals surface area (Å²) in [5.74, 6) is -0.567. The molecule has 4 aromatic carbocycles. The van der Waals surface area contributed by atoms with Crippen LogP contribution in [-0.4, -0.2) is 35.1 Å². The Morgan fingerprint density at radius 2 is 1.62 bits per heavy atom. The number of fused-ring (bicyclic) bond motifs is 1. The third kappa shape index (κ3) is 7.14. The fourth-order valence-electron chi connectivity index (χ4n) is 4.94. The van der Waals surface area contributed by atoms with Crippen molar-refractivity contribution >= 4 is 33.2 Å². The normalized spacial score (nSPS) is 12.3. The van der Waals surface area contributed by atoms with Gasteiger partial charge in [-0.1, -0.05) is 95.4 Å². The fourth-order valence-corrected chi connectivity index (χ4v) is 5.90. The quantitative estimate of drug-likeness (QED) is 0.128. The van der Waals surface area contributed by atoms with Crippen molar-refractivity contribution < 1.29 is 19.5 Å². The average molecular weight is 581 g/mol. The Hall–Kier alpha value is -4.69. The number of aromatic nitrogens is 1. The van der Waals surface area contributed by atoms with Crippen molar-refractivity contribution in [1.29, 1.82) is 0 Å². The van der Waals surface area contributed by atoms with Gasteiger partial charge in [-0.3, -0.25) is 14.2 Å². The molecule has 42 heavy (non-hydrogen) atoms. The molecule has 1 atom stereocenters. The molecular formula is C34H32N2O5S. The van der Waals surface area contributed by atoms with E-state index in [0.717, 1.165) is 38.9 Å². The van der Waals surface area contributed by atoms with Gasteiger partial charge in [0.05, 0.1) is 22.7 Å². The van der Waals surface area contributed by atoms with Gasteiger partial charge in [-0.05, 0) is 54.7 Å². The predicted octanol–water partition coefficient (Wildman–Crippen LogP) is 6.42. The van der Waals surface area contributed by atoms with Crippen LogP contribution in [-0.2, 0) is 29.0 Å². The summed E-state index contributed by atoms with van der Waals surface area (Å²) in [4.78, 5) is 29.7. The van der Waals surface area contributed by atoms with Crippen LogP contribution in [0.25, 0.3) is 10.2 Å². The highest BCUT2D eigenvalue weighted by Gasteiger charge is 2.18. The molecule has 214 valence electrons. The lowest BCUT2D eigenvalue weighted by atomic mass is 9.93.